The molecule has 2 aromatic carbocycles. The summed E-state index contributed by atoms with van der Waals surface area (Å²) < 4.78 is 34.8. The van der Waals surface area contributed by atoms with Crippen molar-refractivity contribution < 1.29 is 23.4 Å². The number of nitrogens with two attached hydrogens (primary N) is 1. The Morgan fingerprint density at radius 2 is 1.76 bits per heavy atom. The normalized spacial score (nSPS) is 12.2. The Bertz CT molecular complexity index is 578. The van der Waals surface area contributed by atoms with E-state index < -0.39 is 12.7 Å². The quantitative estimate of drug-likeness (QED) is 0.859. The van der Waals surface area contributed by atoms with Gasteiger partial charge in [0.25, 0.3) is 0 Å². The molecule has 0 saturated carbocycles. The van der Waals surface area contributed by atoms with Gasteiger partial charge in [0.1, 0.15) is 5.75 Å². The molecule has 0 bridgehead atoms. The fourth-order valence-corrected chi connectivity index (χ4v) is 1.76. The van der Waals surface area contributed by atoms with Crippen LogP contribution in [0.4, 0.5) is 8.78 Å². The molecular formula is C15H15F2NO3. The molecule has 3 N–H and O–H groups in total. The van der Waals surface area contributed by atoms with Gasteiger partial charge in [0.2, 0.25) is 0 Å². The van der Waals surface area contributed by atoms with Gasteiger partial charge in [0.15, 0.2) is 11.5 Å². The minimum Gasteiger partial charge on any atom is -0.453 e. The monoisotopic (exact) mass is 295 g/mol. The average molecular weight is 295 g/mol. The van der Waals surface area contributed by atoms with Gasteiger partial charge < -0.3 is 20.3 Å². The Morgan fingerprint density at radius 1 is 1.05 bits per heavy atom. The van der Waals surface area contributed by atoms with Crippen LogP contribution in [0.5, 0.6) is 17.2 Å². The number of halogens is 2. The molecule has 0 heterocycles. The van der Waals surface area contributed by atoms with Gasteiger partial charge in [0, 0.05) is 6.54 Å². The zero-order chi connectivity index (χ0) is 15.2. The number of ether oxygens (including phenoxy) is 2. The summed E-state index contributed by atoms with van der Waals surface area (Å²) in [6.07, 6.45) is -0.899. The minimum atomic E-state index is -2.96. The van der Waals surface area contributed by atoms with Gasteiger partial charge in [-0.2, -0.15) is 8.78 Å². The summed E-state index contributed by atoms with van der Waals surface area (Å²) >= 11 is 0. The highest BCUT2D eigenvalue weighted by Crippen LogP contribution is 2.34. The van der Waals surface area contributed by atoms with Crippen LogP contribution >= 0.6 is 0 Å². The van der Waals surface area contributed by atoms with Crippen LogP contribution in [0.15, 0.2) is 48.5 Å². The molecule has 0 saturated heterocycles. The SMILES string of the molecule is NCC(O)c1ccc(OC(F)F)c(Oc2ccccc2)c1. The highest BCUT2D eigenvalue weighted by molar-refractivity contribution is 5.46. The second-order valence-corrected chi connectivity index (χ2v) is 4.25. The predicted molar refractivity (Wildman–Crippen MR) is 73.6 cm³/mol. The molecule has 4 nitrogen and oxygen atoms in total. The second-order valence-electron chi connectivity index (χ2n) is 4.25. The molecule has 1 atom stereocenters. The van der Waals surface area contributed by atoms with Gasteiger partial charge >= 0.3 is 6.61 Å². The summed E-state index contributed by atoms with van der Waals surface area (Å²) in [5, 5.41) is 9.72. The molecule has 0 radical (unpaired) electrons. The average Bonchev–Trinajstić information content (AvgIpc) is 2.49. The zero-order valence-electron chi connectivity index (χ0n) is 11.1. The molecule has 21 heavy (non-hydrogen) atoms. The van der Waals surface area contributed by atoms with Crippen molar-refractivity contribution >= 4 is 0 Å². The summed E-state index contributed by atoms with van der Waals surface area (Å²) in [7, 11) is 0. The molecule has 0 aliphatic carbocycles. The van der Waals surface area contributed by atoms with E-state index in [9.17, 15) is 13.9 Å². The van der Waals surface area contributed by atoms with Crippen LogP contribution in [0.2, 0.25) is 0 Å². The highest BCUT2D eigenvalue weighted by atomic mass is 19.3. The molecule has 0 aliphatic heterocycles. The molecule has 112 valence electrons. The fourth-order valence-electron chi connectivity index (χ4n) is 1.76. The van der Waals surface area contributed by atoms with E-state index in [2.05, 4.69) is 4.74 Å². The molecule has 1 unspecified atom stereocenters. The largest absolute Gasteiger partial charge is 0.453 e. The molecule has 0 fully saturated rings. The molecule has 0 amide bonds. The molecule has 0 aliphatic rings. The van der Waals surface area contributed by atoms with E-state index in [1.807, 2.05) is 0 Å². The number of hydrogen-bond acceptors (Lipinski definition) is 4. The maximum absolute atomic E-state index is 12.4. The summed E-state index contributed by atoms with van der Waals surface area (Å²) in [5.74, 6) is 0.448. The van der Waals surface area contributed by atoms with Crippen LogP contribution in [-0.4, -0.2) is 18.3 Å². The van der Waals surface area contributed by atoms with Crippen LogP contribution in [-0.2, 0) is 0 Å². The maximum atomic E-state index is 12.4. The van der Waals surface area contributed by atoms with Crippen molar-refractivity contribution in [3.8, 4) is 17.2 Å². The smallest absolute Gasteiger partial charge is 0.387 e. The standard InChI is InChI=1S/C15H15F2NO3/c16-15(17)21-13-7-6-10(12(19)9-18)8-14(13)20-11-4-2-1-3-5-11/h1-8,12,15,19H,9,18H2. The van der Waals surface area contributed by atoms with E-state index in [1.54, 1.807) is 30.3 Å². The van der Waals surface area contributed by atoms with Crippen molar-refractivity contribution in [1.29, 1.82) is 0 Å². The number of para-hydroxylation sites is 1. The van der Waals surface area contributed by atoms with Gasteiger partial charge in [-0.25, -0.2) is 0 Å². The van der Waals surface area contributed by atoms with Crippen molar-refractivity contribution in [3.63, 3.8) is 0 Å². The summed E-state index contributed by atoms with van der Waals surface area (Å²) in [6.45, 7) is -2.95. The van der Waals surface area contributed by atoms with E-state index in [4.69, 9.17) is 10.5 Å². The van der Waals surface area contributed by atoms with E-state index in [-0.39, 0.29) is 18.0 Å². The van der Waals surface area contributed by atoms with Gasteiger partial charge in [-0.15, -0.1) is 0 Å². The van der Waals surface area contributed by atoms with E-state index in [1.165, 1.54) is 18.2 Å². The van der Waals surface area contributed by atoms with Crippen LogP contribution in [0, 0.1) is 0 Å². The zero-order valence-corrected chi connectivity index (χ0v) is 11.1. The third-order valence-electron chi connectivity index (χ3n) is 2.76. The number of hydrogen-bond donors (Lipinski definition) is 2. The summed E-state index contributed by atoms with van der Waals surface area (Å²) in [4.78, 5) is 0. The van der Waals surface area contributed by atoms with Crippen molar-refractivity contribution in [2.75, 3.05) is 6.54 Å². The fraction of sp³-hybridized carbons (Fsp3) is 0.200. The van der Waals surface area contributed by atoms with Gasteiger partial charge in [-0.05, 0) is 29.8 Å². The van der Waals surface area contributed by atoms with E-state index in [0.717, 1.165) is 0 Å². The first-order chi connectivity index (χ1) is 10.1. The topological polar surface area (TPSA) is 64.7 Å². The molecule has 6 heteroatoms. The second kappa shape index (κ2) is 7.01. The first-order valence-corrected chi connectivity index (χ1v) is 6.30. The van der Waals surface area contributed by atoms with Crippen molar-refractivity contribution in [1.82, 2.24) is 0 Å². The number of rotatable bonds is 6. The van der Waals surface area contributed by atoms with Crippen LogP contribution in [0.1, 0.15) is 11.7 Å². The lowest BCUT2D eigenvalue weighted by Gasteiger charge is -2.15. The van der Waals surface area contributed by atoms with Crippen molar-refractivity contribution in [3.05, 3.63) is 54.1 Å². The molecular weight excluding hydrogens is 280 g/mol. The lowest BCUT2D eigenvalue weighted by Crippen LogP contribution is -2.12. The Hall–Kier alpha value is -2.18. The Kier molecular flexibility index (Phi) is 5.08. The Morgan fingerprint density at radius 3 is 2.38 bits per heavy atom. The maximum Gasteiger partial charge on any atom is 0.387 e. The predicted octanol–water partition coefficient (Wildman–Crippen LogP) is 3.07. The minimum absolute atomic E-state index is 0.0137. The first kappa shape index (κ1) is 15.2. The lowest BCUT2D eigenvalue weighted by atomic mass is 10.1. The summed E-state index contributed by atoms with van der Waals surface area (Å²) in [6, 6.07) is 12.9. The highest BCUT2D eigenvalue weighted by Gasteiger charge is 2.15. The lowest BCUT2D eigenvalue weighted by molar-refractivity contribution is -0.0510. The Labute approximate surface area is 120 Å². The molecule has 2 rings (SSSR count). The van der Waals surface area contributed by atoms with Crippen molar-refractivity contribution in [2.24, 2.45) is 5.73 Å². The molecule has 0 aromatic heterocycles. The van der Waals surface area contributed by atoms with Crippen LogP contribution in [0.3, 0.4) is 0 Å². The molecule has 0 spiro atoms. The molecule has 2 aromatic rings. The number of aliphatic hydroxyl groups excluding tert-OH is 1. The van der Waals surface area contributed by atoms with Crippen LogP contribution < -0.4 is 15.2 Å². The van der Waals surface area contributed by atoms with E-state index >= 15 is 0 Å². The third-order valence-corrected chi connectivity index (χ3v) is 2.76. The van der Waals surface area contributed by atoms with Gasteiger partial charge in [0.05, 0.1) is 6.10 Å². The third kappa shape index (κ3) is 4.14. The van der Waals surface area contributed by atoms with Crippen LogP contribution in [0.25, 0.3) is 0 Å². The number of benzene rings is 2. The van der Waals surface area contributed by atoms with Gasteiger partial charge in [-0.1, -0.05) is 24.3 Å². The number of alkyl halides is 2. The van der Waals surface area contributed by atoms with Gasteiger partial charge in [-0.3, -0.25) is 0 Å². The first-order valence-electron chi connectivity index (χ1n) is 6.30. The Balaban J connectivity index is 2.33. The van der Waals surface area contributed by atoms with Crippen molar-refractivity contribution in [2.45, 2.75) is 12.7 Å². The van der Waals surface area contributed by atoms with E-state index in [0.29, 0.717) is 11.3 Å². The summed E-state index contributed by atoms with van der Waals surface area (Å²) in [5.41, 5.74) is 5.85. The number of aliphatic hydroxyl groups is 1.